The van der Waals surface area contributed by atoms with Crippen LogP contribution in [-0.2, 0) is 0 Å². The van der Waals surface area contributed by atoms with Crippen LogP contribution in [0, 0.1) is 17.8 Å². The Morgan fingerprint density at radius 1 is 1.32 bits per heavy atom. The number of rotatable bonds is 3. The molecule has 1 aromatic heterocycles. The van der Waals surface area contributed by atoms with Gasteiger partial charge < -0.3 is 11.1 Å². The third-order valence-corrected chi connectivity index (χ3v) is 5.05. The number of nitrogens with one attached hydrogen (secondary N) is 2. The predicted octanol–water partition coefficient (Wildman–Crippen LogP) is 2.99. The molecule has 2 aliphatic carbocycles. The topological polar surface area (TPSA) is 66.7 Å². The molecule has 2 aliphatic rings. The number of nitrogen functional groups attached to an aromatic ring is 1. The van der Waals surface area contributed by atoms with E-state index in [4.69, 9.17) is 5.73 Å². The van der Waals surface area contributed by atoms with Gasteiger partial charge in [0.1, 0.15) is 0 Å². The molecule has 100 valence electrons. The van der Waals surface area contributed by atoms with E-state index in [0.29, 0.717) is 0 Å². The highest BCUT2D eigenvalue weighted by molar-refractivity contribution is 5.88. The summed E-state index contributed by atoms with van der Waals surface area (Å²) in [6.45, 7) is 1.06. The third kappa shape index (κ3) is 1.86. The van der Waals surface area contributed by atoms with Crippen molar-refractivity contribution in [3.05, 3.63) is 18.3 Å². The fourth-order valence-corrected chi connectivity index (χ4v) is 4.03. The van der Waals surface area contributed by atoms with E-state index in [0.717, 1.165) is 46.6 Å². The number of aromatic amines is 1. The van der Waals surface area contributed by atoms with E-state index < -0.39 is 0 Å². The Bertz CT molecular complexity index is 603. The van der Waals surface area contributed by atoms with E-state index in [1.807, 2.05) is 12.3 Å². The summed E-state index contributed by atoms with van der Waals surface area (Å²) < 4.78 is 0. The highest BCUT2D eigenvalue weighted by Gasteiger charge is 2.39. The summed E-state index contributed by atoms with van der Waals surface area (Å²) in [6, 6.07) is 4.06. The Kier molecular flexibility index (Phi) is 2.43. The van der Waals surface area contributed by atoms with E-state index in [-0.39, 0.29) is 0 Å². The summed E-state index contributed by atoms with van der Waals surface area (Å²) in [4.78, 5) is 0. The van der Waals surface area contributed by atoms with E-state index >= 15 is 0 Å². The summed E-state index contributed by atoms with van der Waals surface area (Å²) in [5.74, 6) is 2.80. The van der Waals surface area contributed by atoms with Crippen LogP contribution in [0.25, 0.3) is 10.9 Å². The van der Waals surface area contributed by atoms with Gasteiger partial charge in [-0.3, -0.25) is 5.10 Å². The summed E-state index contributed by atoms with van der Waals surface area (Å²) in [6.07, 6.45) is 7.58. The molecule has 0 spiro atoms. The quantitative estimate of drug-likeness (QED) is 0.740. The lowest BCUT2D eigenvalue weighted by molar-refractivity contribution is 0.348. The Morgan fingerprint density at radius 2 is 2.26 bits per heavy atom. The zero-order valence-electron chi connectivity index (χ0n) is 11.0. The molecule has 0 radical (unpaired) electrons. The Morgan fingerprint density at radius 3 is 3.05 bits per heavy atom. The Hall–Kier alpha value is -1.71. The SMILES string of the molecule is Nc1cc2cn[nH]c2cc1NCC1CC2CCC1C2. The molecule has 4 rings (SSSR count). The maximum absolute atomic E-state index is 6.10. The summed E-state index contributed by atoms with van der Waals surface area (Å²) in [7, 11) is 0. The van der Waals surface area contributed by atoms with Crippen molar-refractivity contribution in [2.24, 2.45) is 17.8 Å². The molecule has 1 aromatic carbocycles. The van der Waals surface area contributed by atoms with Gasteiger partial charge in [-0.05, 0) is 49.1 Å². The number of benzene rings is 1. The van der Waals surface area contributed by atoms with Crippen LogP contribution in [0.2, 0.25) is 0 Å². The number of anilines is 2. The molecule has 1 heterocycles. The van der Waals surface area contributed by atoms with Crippen molar-refractivity contribution in [2.45, 2.75) is 25.7 Å². The fourth-order valence-electron chi connectivity index (χ4n) is 4.03. The van der Waals surface area contributed by atoms with Gasteiger partial charge >= 0.3 is 0 Å². The van der Waals surface area contributed by atoms with E-state index in [2.05, 4.69) is 21.6 Å². The zero-order valence-corrected chi connectivity index (χ0v) is 11.0. The second-order valence-electron chi connectivity index (χ2n) is 6.21. The summed E-state index contributed by atoms with van der Waals surface area (Å²) in [5, 5.41) is 11.7. The molecule has 0 aliphatic heterocycles. The number of hydrogen-bond donors (Lipinski definition) is 3. The number of fused-ring (bicyclic) bond motifs is 3. The molecule has 4 N–H and O–H groups in total. The molecular formula is C15H20N4. The van der Waals surface area contributed by atoms with Gasteiger partial charge in [0.05, 0.1) is 23.1 Å². The lowest BCUT2D eigenvalue weighted by Gasteiger charge is -2.22. The van der Waals surface area contributed by atoms with Gasteiger partial charge in [0.15, 0.2) is 0 Å². The summed E-state index contributed by atoms with van der Waals surface area (Å²) in [5.41, 5.74) is 9.01. The number of hydrogen-bond acceptors (Lipinski definition) is 3. The van der Waals surface area contributed by atoms with Crippen LogP contribution in [0.4, 0.5) is 11.4 Å². The number of H-pyrrole nitrogens is 1. The maximum atomic E-state index is 6.10. The first kappa shape index (κ1) is 11.1. The van der Waals surface area contributed by atoms with Gasteiger partial charge in [0.2, 0.25) is 0 Å². The lowest BCUT2D eigenvalue weighted by atomic mass is 9.89. The maximum Gasteiger partial charge on any atom is 0.0672 e. The first-order valence-electron chi connectivity index (χ1n) is 7.26. The van der Waals surface area contributed by atoms with Crippen LogP contribution >= 0.6 is 0 Å². The van der Waals surface area contributed by atoms with Crippen molar-refractivity contribution in [3.63, 3.8) is 0 Å². The number of nitrogens with two attached hydrogens (primary N) is 1. The molecule has 3 unspecified atom stereocenters. The summed E-state index contributed by atoms with van der Waals surface area (Å²) >= 11 is 0. The third-order valence-electron chi connectivity index (χ3n) is 5.05. The molecule has 0 amide bonds. The average Bonchev–Trinajstić information content (AvgIpc) is 3.11. The Balaban J connectivity index is 1.50. The van der Waals surface area contributed by atoms with Crippen molar-refractivity contribution in [1.29, 1.82) is 0 Å². The largest absolute Gasteiger partial charge is 0.397 e. The molecule has 4 nitrogen and oxygen atoms in total. The van der Waals surface area contributed by atoms with Crippen molar-refractivity contribution < 1.29 is 0 Å². The molecule has 2 saturated carbocycles. The second-order valence-corrected chi connectivity index (χ2v) is 6.21. The van der Waals surface area contributed by atoms with Gasteiger partial charge in [0.25, 0.3) is 0 Å². The van der Waals surface area contributed by atoms with Crippen LogP contribution in [0.1, 0.15) is 25.7 Å². The van der Waals surface area contributed by atoms with Gasteiger partial charge in [-0.15, -0.1) is 0 Å². The van der Waals surface area contributed by atoms with Crippen LogP contribution < -0.4 is 11.1 Å². The monoisotopic (exact) mass is 256 g/mol. The second kappa shape index (κ2) is 4.15. The molecule has 2 aromatic rings. The highest BCUT2D eigenvalue weighted by Crippen LogP contribution is 2.48. The first-order chi connectivity index (χ1) is 9.29. The standard InChI is InChI=1S/C15H20N4/c16-13-5-12-8-18-19-14(12)6-15(13)17-7-11-4-9-1-2-10(11)3-9/h5-6,8-11,17H,1-4,7,16H2,(H,18,19). The molecular weight excluding hydrogens is 236 g/mol. The number of aromatic nitrogens is 2. The van der Waals surface area contributed by atoms with Crippen LogP contribution in [-0.4, -0.2) is 16.7 Å². The average molecular weight is 256 g/mol. The van der Waals surface area contributed by atoms with Crippen LogP contribution in [0.5, 0.6) is 0 Å². The molecule has 0 saturated heterocycles. The lowest BCUT2D eigenvalue weighted by Crippen LogP contribution is -2.20. The van der Waals surface area contributed by atoms with E-state index in [9.17, 15) is 0 Å². The smallest absolute Gasteiger partial charge is 0.0672 e. The van der Waals surface area contributed by atoms with E-state index in [1.54, 1.807) is 0 Å². The normalized spacial score (nSPS) is 29.2. The molecule has 19 heavy (non-hydrogen) atoms. The highest BCUT2D eigenvalue weighted by atomic mass is 15.1. The zero-order chi connectivity index (χ0) is 12.8. The van der Waals surface area contributed by atoms with Crippen molar-refractivity contribution in [3.8, 4) is 0 Å². The minimum atomic E-state index is 0.817. The predicted molar refractivity (Wildman–Crippen MR) is 77.9 cm³/mol. The van der Waals surface area contributed by atoms with E-state index in [1.165, 1.54) is 25.7 Å². The van der Waals surface area contributed by atoms with Crippen molar-refractivity contribution in [1.82, 2.24) is 10.2 Å². The van der Waals surface area contributed by atoms with Crippen molar-refractivity contribution >= 4 is 22.3 Å². The van der Waals surface area contributed by atoms with Gasteiger partial charge in [-0.1, -0.05) is 6.42 Å². The number of nitrogens with zero attached hydrogens (tertiary/aromatic N) is 1. The van der Waals surface area contributed by atoms with Crippen LogP contribution in [0.15, 0.2) is 18.3 Å². The molecule has 3 atom stereocenters. The molecule has 4 heteroatoms. The van der Waals surface area contributed by atoms with Crippen molar-refractivity contribution in [2.75, 3.05) is 17.6 Å². The van der Waals surface area contributed by atoms with Crippen LogP contribution in [0.3, 0.4) is 0 Å². The molecule has 2 bridgehead atoms. The fraction of sp³-hybridized carbons (Fsp3) is 0.533. The first-order valence-corrected chi connectivity index (χ1v) is 7.26. The molecule has 2 fully saturated rings. The minimum Gasteiger partial charge on any atom is -0.397 e. The van der Waals surface area contributed by atoms with Gasteiger partial charge in [0, 0.05) is 11.9 Å². The van der Waals surface area contributed by atoms with Gasteiger partial charge in [-0.25, -0.2) is 0 Å². The Labute approximate surface area is 112 Å². The van der Waals surface area contributed by atoms with Gasteiger partial charge in [-0.2, -0.15) is 5.10 Å². The minimum absolute atomic E-state index is 0.817.